The lowest BCUT2D eigenvalue weighted by atomic mass is 9.95. The summed E-state index contributed by atoms with van der Waals surface area (Å²) >= 11 is 12.5. The number of nitrogens with zero attached hydrogens (tertiary/aromatic N) is 2. The van der Waals surface area contributed by atoms with E-state index in [0.717, 1.165) is 18.5 Å². The quantitative estimate of drug-likeness (QED) is 0.409. The first-order valence-electron chi connectivity index (χ1n) is 9.39. The topological polar surface area (TPSA) is 54.7 Å². The molecule has 0 aliphatic rings. The summed E-state index contributed by atoms with van der Waals surface area (Å²) < 4.78 is 24.2. The van der Waals surface area contributed by atoms with Gasteiger partial charge in [-0.15, -0.1) is 0 Å². The highest BCUT2D eigenvalue weighted by molar-refractivity contribution is 6.35. The minimum atomic E-state index is 0.117. The molecule has 30 heavy (non-hydrogen) atoms. The second-order valence-corrected chi connectivity index (χ2v) is 7.46. The molecule has 0 aliphatic heterocycles. The van der Waals surface area contributed by atoms with Crippen molar-refractivity contribution in [3.63, 3.8) is 0 Å². The first kappa shape index (κ1) is 22.1. The van der Waals surface area contributed by atoms with Crippen molar-refractivity contribution < 1.29 is 18.9 Å². The summed E-state index contributed by atoms with van der Waals surface area (Å²) in [6, 6.07) is 9.14. The molecular formula is C22H24Cl2N2O4. The molecule has 0 saturated carbocycles. The first-order valence-corrected chi connectivity index (χ1v) is 10.1. The van der Waals surface area contributed by atoms with Crippen LogP contribution in [0.25, 0.3) is 0 Å². The van der Waals surface area contributed by atoms with Crippen LogP contribution in [-0.4, -0.2) is 37.5 Å². The van der Waals surface area contributed by atoms with Crippen molar-refractivity contribution in [1.82, 2.24) is 9.55 Å². The van der Waals surface area contributed by atoms with Gasteiger partial charge < -0.3 is 23.5 Å². The summed E-state index contributed by atoms with van der Waals surface area (Å²) in [7, 11) is 4.72. The molecule has 0 spiro atoms. The molecule has 1 heterocycles. The van der Waals surface area contributed by atoms with Crippen LogP contribution in [0.15, 0.2) is 49.1 Å². The molecule has 1 atom stereocenters. The van der Waals surface area contributed by atoms with Crippen LogP contribution in [-0.2, 0) is 6.54 Å². The van der Waals surface area contributed by atoms with Crippen molar-refractivity contribution in [1.29, 1.82) is 0 Å². The Labute approximate surface area is 186 Å². The fourth-order valence-electron chi connectivity index (χ4n) is 3.29. The molecule has 8 heteroatoms. The molecule has 0 amide bonds. The number of imidazole rings is 1. The van der Waals surface area contributed by atoms with E-state index in [4.69, 9.17) is 42.1 Å². The molecule has 0 bridgehead atoms. The molecule has 2 aromatic carbocycles. The van der Waals surface area contributed by atoms with E-state index in [1.165, 1.54) is 0 Å². The van der Waals surface area contributed by atoms with Crippen molar-refractivity contribution in [2.75, 3.05) is 27.9 Å². The first-order chi connectivity index (χ1) is 14.5. The predicted molar refractivity (Wildman–Crippen MR) is 118 cm³/mol. The van der Waals surface area contributed by atoms with E-state index in [9.17, 15) is 0 Å². The maximum atomic E-state index is 6.48. The number of methoxy groups -OCH3 is 3. The highest BCUT2D eigenvalue weighted by Crippen LogP contribution is 2.41. The molecular weight excluding hydrogens is 427 g/mol. The summed E-state index contributed by atoms with van der Waals surface area (Å²) in [6.45, 7) is 1.19. The second-order valence-electron chi connectivity index (χ2n) is 6.62. The molecule has 6 nitrogen and oxygen atoms in total. The predicted octanol–water partition coefficient (Wildman–Crippen LogP) is 5.47. The Morgan fingerprint density at radius 1 is 1.00 bits per heavy atom. The van der Waals surface area contributed by atoms with Crippen LogP contribution < -0.4 is 18.9 Å². The fraction of sp³-hybridized carbons (Fsp3) is 0.318. The van der Waals surface area contributed by atoms with Crippen molar-refractivity contribution in [3.05, 3.63) is 64.7 Å². The average molecular weight is 451 g/mol. The monoisotopic (exact) mass is 450 g/mol. The minimum Gasteiger partial charge on any atom is -0.493 e. The van der Waals surface area contributed by atoms with Gasteiger partial charge in [-0.2, -0.15) is 0 Å². The van der Waals surface area contributed by atoms with E-state index in [0.29, 0.717) is 39.7 Å². The van der Waals surface area contributed by atoms with E-state index in [1.807, 2.05) is 22.9 Å². The van der Waals surface area contributed by atoms with E-state index < -0.39 is 0 Å². The zero-order chi connectivity index (χ0) is 21.5. The van der Waals surface area contributed by atoms with E-state index >= 15 is 0 Å². The number of benzene rings is 2. The molecule has 0 radical (unpaired) electrons. The van der Waals surface area contributed by atoms with Crippen LogP contribution in [0.4, 0.5) is 0 Å². The number of ether oxygens (including phenoxy) is 4. The summed E-state index contributed by atoms with van der Waals surface area (Å²) in [5.41, 5.74) is 1.02. The summed E-state index contributed by atoms with van der Waals surface area (Å²) in [6.07, 6.45) is 6.21. The molecule has 0 saturated heterocycles. The van der Waals surface area contributed by atoms with E-state index in [2.05, 4.69) is 4.98 Å². The van der Waals surface area contributed by atoms with E-state index in [-0.39, 0.29) is 5.92 Å². The molecule has 1 aromatic heterocycles. The van der Waals surface area contributed by atoms with Gasteiger partial charge in [0.25, 0.3) is 0 Å². The van der Waals surface area contributed by atoms with Gasteiger partial charge in [0.2, 0.25) is 5.75 Å². The number of halogens is 2. The maximum absolute atomic E-state index is 6.48. The Morgan fingerprint density at radius 2 is 1.73 bits per heavy atom. The van der Waals surface area contributed by atoms with Crippen LogP contribution in [0, 0.1) is 0 Å². The lowest BCUT2D eigenvalue weighted by Crippen LogP contribution is -2.13. The van der Waals surface area contributed by atoms with Gasteiger partial charge in [0.05, 0.1) is 34.3 Å². The lowest BCUT2D eigenvalue weighted by Gasteiger charge is -2.20. The molecule has 1 unspecified atom stereocenters. The summed E-state index contributed by atoms with van der Waals surface area (Å²) in [5, 5.41) is 1.25. The standard InChI is InChI=1S/C22H24Cl2N2O4/c1-27-20-11-17(12-21(28-2)22(20)29-3)30-9-6-15(13-26-8-7-25-14-26)18-5-4-16(23)10-19(18)24/h4-5,7-8,10-12,14-15H,6,9,13H2,1-3H3. The van der Waals surface area contributed by atoms with Crippen molar-refractivity contribution in [3.8, 4) is 23.0 Å². The van der Waals surface area contributed by atoms with Gasteiger partial charge in [0, 0.05) is 47.0 Å². The summed E-state index contributed by atoms with van der Waals surface area (Å²) in [5.74, 6) is 2.36. The molecule has 3 aromatic rings. The Morgan fingerprint density at radius 3 is 2.30 bits per heavy atom. The van der Waals surface area contributed by atoms with Crippen molar-refractivity contribution in [2.45, 2.75) is 18.9 Å². The zero-order valence-electron chi connectivity index (χ0n) is 17.1. The molecule has 160 valence electrons. The number of hydrogen-bond donors (Lipinski definition) is 0. The summed E-state index contributed by atoms with van der Waals surface area (Å²) in [4.78, 5) is 4.13. The highest BCUT2D eigenvalue weighted by atomic mass is 35.5. The Hall–Kier alpha value is -2.57. The molecule has 0 N–H and O–H groups in total. The van der Waals surface area contributed by atoms with Gasteiger partial charge in [0.15, 0.2) is 11.5 Å². The SMILES string of the molecule is COc1cc(OCCC(Cn2ccnc2)c2ccc(Cl)cc2Cl)cc(OC)c1OC. The fourth-order valence-corrected chi connectivity index (χ4v) is 3.85. The number of rotatable bonds is 10. The average Bonchev–Trinajstić information content (AvgIpc) is 3.25. The van der Waals surface area contributed by atoms with Gasteiger partial charge in [-0.1, -0.05) is 29.3 Å². The van der Waals surface area contributed by atoms with Gasteiger partial charge in [-0.3, -0.25) is 0 Å². The highest BCUT2D eigenvalue weighted by Gasteiger charge is 2.18. The third-order valence-electron chi connectivity index (χ3n) is 4.77. The minimum absolute atomic E-state index is 0.117. The maximum Gasteiger partial charge on any atom is 0.203 e. The van der Waals surface area contributed by atoms with Crippen molar-refractivity contribution >= 4 is 23.2 Å². The molecule has 0 fully saturated rings. The zero-order valence-corrected chi connectivity index (χ0v) is 18.6. The smallest absolute Gasteiger partial charge is 0.203 e. The van der Waals surface area contributed by atoms with Gasteiger partial charge >= 0.3 is 0 Å². The molecule has 3 rings (SSSR count). The second kappa shape index (κ2) is 10.5. The van der Waals surface area contributed by atoms with Gasteiger partial charge in [-0.25, -0.2) is 4.98 Å². The van der Waals surface area contributed by atoms with Crippen LogP contribution in [0.3, 0.4) is 0 Å². The normalized spacial score (nSPS) is 11.8. The Balaban J connectivity index is 1.76. The number of aromatic nitrogens is 2. The third-order valence-corrected chi connectivity index (χ3v) is 5.33. The largest absolute Gasteiger partial charge is 0.493 e. The van der Waals surface area contributed by atoms with Crippen LogP contribution in [0.5, 0.6) is 23.0 Å². The van der Waals surface area contributed by atoms with Crippen molar-refractivity contribution in [2.24, 2.45) is 0 Å². The Kier molecular flexibility index (Phi) is 7.71. The van der Waals surface area contributed by atoms with Crippen LogP contribution >= 0.6 is 23.2 Å². The van der Waals surface area contributed by atoms with Crippen LogP contribution in [0.2, 0.25) is 10.0 Å². The van der Waals surface area contributed by atoms with E-state index in [1.54, 1.807) is 52.1 Å². The number of hydrogen-bond acceptors (Lipinski definition) is 5. The van der Waals surface area contributed by atoms with Gasteiger partial charge in [-0.05, 0) is 24.1 Å². The molecule has 0 aliphatic carbocycles. The third kappa shape index (κ3) is 5.32. The van der Waals surface area contributed by atoms with Crippen LogP contribution in [0.1, 0.15) is 17.9 Å². The Bertz CT molecular complexity index is 939. The van der Waals surface area contributed by atoms with Gasteiger partial charge in [0.1, 0.15) is 5.75 Å². The lowest BCUT2D eigenvalue weighted by molar-refractivity contribution is 0.281.